The fourth-order valence-electron chi connectivity index (χ4n) is 2.40. The third-order valence-electron chi connectivity index (χ3n) is 3.29. The van der Waals surface area contributed by atoms with E-state index in [1.165, 1.54) is 11.9 Å². The number of amides is 1. The Kier molecular flexibility index (Phi) is 1.98. The minimum atomic E-state index is 0.0421. The number of carbonyl (C=O) groups excluding carboxylic acids is 1. The standard InChI is InChI=1S/C12H14N4O/c1-7(2)8-5-16-11(13-6-14-16)10-9(8)4-15(3)12(10)17/h5-7H,4H2,1-3H3. The van der Waals surface area contributed by atoms with Crippen molar-refractivity contribution in [1.29, 1.82) is 0 Å². The first-order valence-corrected chi connectivity index (χ1v) is 5.70. The lowest BCUT2D eigenvalue weighted by Crippen LogP contribution is -2.17. The van der Waals surface area contributed by atoms with Gasteiger partial charge in [-0.25, -0.2) is 9.50 Å². The summed E-state index contributed by atoms with van der Waals surface area (Å²) in [6.45, 7) is 4.92. The number of nitrogens with zero attached hydrogens (tertiary/aromatic N) is 4. The zero-order valence-corrected chi connectivity index (χ0v) is 10.1. The highest BCUT2D eigenvalue weighted by Gasteiger charge is 2.31. The topological polar surface area (TPSA) is 50.5 Å². The van der Waals surface area contributed by atoms with E-state index in [1.807, 2.05) is 13.2 Å². The molecular weight excluding hydrogens is 216 g/mol. The van der Waals surface area contributed by atoms with E-state index < -0.39 is 0 Å². The summed E-state index contributed by atoms with van der Waals surface area (Å²) >= 11 is 0. The van der Waals surface area contributed by atoms with E-state index in [0.717, 1.165) is 11.1 Å². The van der Waals surface area contributed by atoms with Crippen LogP contribution in [-0.4, -0.2) is 32.5 Å². The first-order chi connectivity index (χ1) is 8.09. The van der Waals surface area contributed by atoms with Crippen LogP contribution in [-0.2, 0) is 6.54 Å². The molecule has 0 spiro atoms. The van der Waals surface area contributed by atoms with Crippen LogP contribution in [0.3, 0.4) is 0 Å². The molecule has 0 N–H and O–H groups in total. The molecule has 0 fully saturated rings. The molecular formula is C12H14N4O. The Labute approximate surface area is 99.1 Å². The summed E-state index contributed by atoms with van der Waals surface area (Å²) < 4.78 is 1.70. The molecule has 2 aromatic rings. The van der Waals surface area contributed by atoms with Crippen LogP contribution in [0.25, 0.3) is 5.65 Å². The van der Waals surface area contributed by atoms with Gasteiger partial charge in [0, 0.05) is 19.8 Å². The summed E-state index contributed by atoms with van der Waals surface area (Å²) in [6.07, 6.45) is 3.48. The van der Waals surface area contributed by atoms with E-state index in [4.69, 9.17) is 0 Å². The predicted octanol–water partition coefficient (Wildman–Crippen LogP) is 1.44. The molecule has 2 aromatic heterocycles. The van der Waals surface area contributed by atoms with Gasteiger partial charge in [-0.1, -0.05) is 13.8 Å². The fraction of sp³-hybridized carbons (Fsp3) is 0.417. The number of fused-ring (bicyclic) bond motifs is 3. The van der Waals surface area contributed by atoms with Gasteiger partial charge in [-0.15, -0.1) is 0 Å². The van der Waals surface area contributed by atoms with Crippen molar-refractivity contribution in [3.63, 3.8) is 0 Å². The van der Waals surface area contributed by atoms with Crippen molar-refractivity contribution >= 4 is 11.6 Å². The van der Waals surface area contributed by atoms with E-state index >= 15 is 0 Å². The third-order valence-corrected chi connectivity index (χ3v) is 3.29. The largest absolute Gasteiger partial charge is 0.337 e. The summed E-state index contributed by atoms with van der Waals surface area (Å²) in [5, 5.41) is 4.13. The van der Waals surface area contributed by atoms with Gasteiger partial charge in [0.1, 0.15) is 6.33 Å². The predicted molar refractivity (Wildman–Crippen MR) is 62.9 cm³/mol. The summed E-state index contributed by atoms with van der Waals surface area (Å²) in [7, 11) is 1.82. The number of aromatic nitrogens is 3. The maximum Gasteiger partial charge on any atom is 0.258 e. The molecule has 17 heavy (non-hydrogen) atoms. The molecule has 0 aromatic carbocycles. The minimum absolute atomic E-state index is 0.0421. The van der Waals surface area contributed by atoms with Crippen molar-refractivity contribution in [2.45, 2.75) is 26.3 Å². The summed E-state index contributed by atoms with van der Waals surface area (Å²) in [5.41, 5.74) is 3.67. The lowest BCUT2D eigenvalue weighted by atomic mass is 9.97. The minimum Gasteiger partial charge on any atom is -0.337 e. The maximum atomic E-state index is 12.1. The van der Waals surface area contributed by atoms with Crippen LogP contribution in [0.15, 0.2) is 12.5 Å². The van der Waals surface area contributed by atoms with E-state index in [2.05, 4.69) is 23.9 Å². The Morgan fingerprint density at radius 2 is 2.18 bits per heavy atom. The van der Waals surface area contributed by atoms with E-state index in [-0.39, 0.29) is 5.91 Å². The molecule has 3 heterocycles. The van der Waals surface area contributed by atoms with Crippen molar-refractivity contribution in [3.05, 3.63) is 29.2 Å². The zero-order valence-electron chi connectivity index (χ0n) is 10.1. The smallest absolute Gasteiger partial charge is 0.258 e. The average molecular weight is 230 g/mol. The Morgan fingerprint density at radius 1 is 1.41 bits per heavy atom. The fourth-order valence-corrected chi connectivity index (χ4v) is 2.40. The Bertz CT molecular complexity index is 614. The van der Waals surface area contributed by atoms with Crippen molar-refractivity contribution < 1.29 is 4.79 Å². The molecule has 88 valence electrons. The average Bonchev–Trinajstić information content (AvgIpc) is 2.83. The lowest BCUT2D eigenvalue weighted by molar-refractivity contribution is 0.0817. The SMILES string of the molecule is CC(C)c1cn2ncnc2c2c1CN(C)C2=O. The first-order valence-electron chi connectivity index (χ1n) is 5.70. The molecule has 0 saturated heterocycles. The van der Waals surface area contributed by atoms with Crippen molar-refractivity contribution in [1.82, 2.24) is 19.5 Å². The molecule has 0 atom stereocenters. The number of carbonyl (C=O) groups is 1. The lowest BCUT2D eigenvalue weighted by Gasteiger charge is -2.11. The monoisotopic (exact) mass is 230 g/mol. The second kappa shape index (κ2) is 3.29. The summed E-state index contributed by atoms with van der Waals surface area (Å²) in [4.78, 5) is 18.0. The molecule has 1 amide bonds. The first kappa shape index (κ1) is 10.3. The molecule has 0 unspecified atom stereocenters. The molecule has 0 aliphatic carbocycles. The quantitative estimate of drug-likeness (QED) is 0.744. The van der Waals surface area contributed by atoms with Crippen LogP contribution < -0.4 is 0 Å². The van der Waals surface area contributed by atoms with Crippen LogP contribution in [0.2, 0.25) is 0 Å². The molecule has 0 saturated carbocycles. The van der Waals surface area contributed by atoms with Crippen LogP contribution in [0.5, 0.6) is 0 Å². The summed E-state index contributed by atoms with van der Waals surface area (Å²) in [5.74, 6) is 0.414. The van der Waals surface area contributed by atoms with E-state index in [0.29, 0.717) is 18.1 Å². The maximum absolute atomic E-state index is 12.1. The van der Waals surface area contributed by atoms with Crippen LogP contribution in [0.4, 0.5) is 0 Å². The highest BCUT2D eigenvalue weighted by molar-refractivity contribution is 6.03. The molecule has 5 nitrogen and oxygen atoms in total. The van der Waals surface area contributed by atoms with Crippen molar-refractivity contribution in [2.75, 3.05) is 7.05 Å². The highest BCUT2D eigenvalue weighted by atomic mass is 16.2. The van der Waals surface area contributed by atoms with Gasteiger partial charge < -0.3 is 4.90 Å². The summed E-state index contributed by atoms with van der Waals surface area (Å²) in [6, 6.07) is 0. The van der Waals surface area contributed by atoms with E-state index in [1.54, 1.807) is 9.42 Å². The number of pyridine rings is 1. The molecule has 1 aliphatic rings. The van der Waals surface area contributed by atoms with Gasteiger partial charge in [0.15, 0.2) is 5.65 Å². The molecule has 0 bridgehead atoms. The van der Waals surface area contributed by atoms with Crippen molar-refractivity contribution in [3.8, 4) is 0 Å². The second-order valence-electron chi connectivity index (χ2n) is 4.78. The van der Waals surface area contributed by atoms with Gasteiger partial charge in [-0.05, 0) is 17.0 Å². The van der Waals surface area contributed by atoms with Crippen LogP contribution in [0, 0.1) is 0 Å². The highest BCUT2D eigenvalue weighted by Crippen LogP contribution is 2.31. The Balaban J connectivity index is 2.40. The van der Waals surface area contributed by atoms with Crippen LogP contribution in [0.1, 0.15) is 41.3 Å². The molecule has 1 aliphatic heterocycles. The third kappa shape index (κ3) is 1.28. The van der Waals surface area contributed by atoms with Gasteiger partial charge in [-0.2, -0.15) is 5.10 Å². The molecule has 3 rings (SSSR count). The molecule has 0 radical (unpaired) electrons. The number of rotatable bonds is 1. The second-order valence-corrected chi connectivity index (χ2v) is 4.78. The van der Waals surface area contributed by atoms with Gasteiger partial charge in [-0.3, -0.25) is 4.79 Å². The Morgan fingerprint density at radius 3 is 2.88 bits per heavy atom. The Hall–Kier alpha value is -1.91. The van der Waals surface area contributed by atoms with E-state index in [9.17, 15) is 4.79 Å². The van der Waals surface area contributed by atoms with Crippen molar-refractivity contribution in [2.24, 2.45) is 0 Å². The van der Waals surface area contributed by atoms with Gasteiger partial charge >= 0.3 is 0 Å². The zero-order chi connectivity index (χ0) is 12.2. The number of hydrogen-bond acceptors (Lipinski definition) is 3. The van der Waals surface area contributed by atoms with Gasteiger partial charge in [0.2, 0.25) is 0 Å². The molecule has 5 heteroatoms. The van der Waals surface area contributed by atoms with Gasteiger partial charge in [0.05, 0.1) is 5.56 Å². The normalized spacial score (nSPS) is 15.1. The van der Waals surface area contributed by atoms with Gasteiger partial charge in [0.25, 0.3) is 5.91 Å². The van der Waals surface area contributed by atoms with Crippen LogP contribution >= 0.6 is 0 Å². The number of hydrogen-bond donors (Lipinski definition) is 0.